The zero-order valence-corrected chi connectivity index (χ0v) is 35.5. The summed E-state index contributed by atoms with van der Waals surface area (Å²) in [5.41, 5.74) is 0. The SMILES string of the molecule is CCCCC/C=C\C/C=C\CCCCCCCCCC(=O)OC[C@H](COP(=O)(O)OC[C@@H](O)CO)OC(=O)CCCCCCC/C=C\C/C=C\CCCCC. The molecule has 1 unspecified atom stereocenters. The van der Waals surface area contributed by atoms with Crippen molar-refractivity contribution in [3.05, 3.63) is 48.6 Å². The first-order valence-electron chi connectivity index (χ1n) is 21.6. The highest BCUT2D eigenvalue weighted by Gasteiger charge is 2.27. The van der Waals surface area contributed by atoms with Crippen LogP contribution in [0.2, 0.25) is 0 Å². The Morgan fingerprint density at radius 1 is 0.545 bits per heavy atom. The van der Waals surface area contributed by atoms with Crippen LogP contribution in [0.1, 0.15) is 181 Å². The van der Waals surface area contributed by atoms with Crippen LogP contribution in [0.25, 0.3) is 0 Å². The summed E-state index contributed by atoms with van der Waals surface area (Å²) in [7, 11) is -4.62. The van der Waals surface area contributed by atoms with Gasteiger partial charge in [-0.05, 0) is 77.0 Å². The smallest absolute Gasteiger partial charge is 0.462 e. The van der Waals surface area contributed by atoms with Gasteiger partial charge < -0.3 is 24.6 Å². The molecule has 0 saturated heterocycles. The molecule has 3 N–H and O–H groups in total. The van der Waals surface area contributed by atoms with Crippen LogP contribution in [0.15, 0.2) is 48.6 Å². The highest BCUT2D eigenvalue weighted by molar-refractivity contribution is 7.47. The number of esters is 2. The Kier molecular flexibility index (Phi) is 38.6. The first-order chi connectivity index (χ1) is 26.7. The van der Waals surface area contributed by atoms with Gasteiger partial charge in [0.2, 0.25) is 0 Å². The molecule has 0 heterocycles. The number of carbonyl (C=O) groups is 2. The van der Waals surface area contributed by atoms with E-state index in [1.54, 1.807) is 0 Å². The van der Waals surface area contributed by atoms with Gasteiger partial charge in [-0.2, -0.15) is 0 Å². The predicted molar refractivity (Wildman–Crippen MR) is 224 cm³/mol. The molecular formula is C44H79O10P. The maximum absolute atomic E-state index is 12.6. The summed E-state index contributed by atoms with van der Waals surface area (Å²) in [6.07, 6.45) is 42.1. The number of carbonyl (C=O) groups excluding carboxylic acids is 2. The Hall–Kier alpha value is -2.07. The summed E-state index contributed by atoms with van der Waals surface area (Å²) >= 11 is 0. The average Bonchev–Trinajstić information content (AvgIpc) is 3.17. The molecule has 10 nitrogen and oxygen atoms in total. The summed E-state index contributed by atoms with van der Waals surface area (Å²) in [5, 5.41) is 18.3. The molecule has 0 bridgehead atoms. The average molecular weight is 799 g/mol. The minimum atomic E-state index is -4.62. The third-order valence-corrected chi connectivity index (χ3v) is 9.91. The number of phosphoric ester groups is 1. The number of aliphatic hydroxyl groups is 2. The van der Waals surface area contributed by atoms with Crippen LogP contribution in [0.5, 0.6) is 0 Å². The van der Waals surface area contributed by atoms with E-state index in [1.165, 1.54) is 64.2 Å². The first-order valence-corrected chi connectivity index (χ1v) is 23.1. The summed E-state index contributed by atoms with van der Waals surface area (Å²) < 4.78 is 32.7. The minimum absolute atomic E-state index is 0.165. The number of ether oxygens (including phenoxy) is 2. The highest BCUT2D eigenvalue weighted by Crippen LogP contribution is 2.43. The summed E-state index contributed by atoms with van der Waals surface area (Å²) in [5.74, 6) is -0.951. The zero-order chi connectivity index (χ0) is 40.5. The lowest BCUT2D eigenvalue weighted by molar-refractivity contribution is -0.161. The fourth-order valence-corrected chi connectivity index (χ4v) is 6.37. The normalized spacial score (nSPS) is 14.3. The summed E-state index contributed by atoms with van der Waals surface area (Å²) in [6.45, 7) is 2.30. The van der Waals surface area contributed by atoms with Crippen molar-refractivity contribution in [2.24, 2.45) is 0 Å². The minimum Gasteiger partial charge on any atom is -0.462 e. The molecule has 0 amide bonds. The van der Waals surface area contributed by atoms with Gasteiger partial charge in [0.25, 0.3) is 0 Å². The van der Waals surface area contributed by atoms with E-state index in [9.17, 15) is 24.2 Å². The molecule has 55 heavy (non-hydrogen) atoms. The highest BCUT2D eigenvalue weighted by atomic mass is 31.2. The van der Waals surface area contributed by atoms with Gasteiger partial charge in [-0.25, -0.2) is 4.57 Å². The van der Waals surface area contributed by atoms with Crippen LogP contribution in [0.4, 0.5) is 0 Å². The first kappa shape index (κ1) is 52.9. The fourth-order valence-electron chi connectivity index (χ4n) is 5.58. The van der Waals surface area contributed by atoms with Crippen LogP contribution < -0.4 is 0 Å². The molecule has 0 rings (SSSR count). The topological polar surface area (TPSA) is 149 Å². The number of unbranched alkanes of at least 4 members (excludes halogenated alkanes) is 18. The van der Waals surface area contributed by atoms with E-state index < -0.39 is 51.8 Å². The van der Waals surface area contributed by atoms with E-state index in [0.29, 0.717) is 12.8 Å². The molecule has 0 radical (unpaired) electrons. The van der Waals surface area contributed by atoms with Gasteiger partial charge in [0.05, 0.1) is 19.8 Å². The maximum atomic E-state index is 12.6. The van der Waals surface area contributed by atoms with Gasteiger partial charge in [-0.15, -0.1) is 0 Å². The molecule has 0 spiro atoms. The molecule has 0 saturated carbocycles. The van der Waals surface area contributed by atoms with E-state index in [4.69, 9.17) is 19.1 Å². The molecule has 11 heteroatoms. The zero-order valence-electron chi connectivity index (χ0n) is 34.6. The fraction of sp³-hybridized carbons (Fsp3) is 0.773. The van der Waals surface area contributed by atoms with Crippen LogP contribution >= 0.6 is 7.82 Å². The molecule has 0 aliphatic heterocycles. The van der Waals surface area contributed by atoms with Crippen LogP contribution in [-0.2, 0) is 32.7 Å². The lowest BCUT2D eigenvalue weighted by atomic mass is 10.1. The summed E-state index contributed by atoms with van der Waals surface area (Å²) in [4.78, 5) is 35.0. The second kappa shape index (κ2) is 40.1. The Labute approximate surface area is 334 Å². The van der Waals surface area contributed by atoms with E-state index in [-0.39, 0.29) is 19.4 Å². The monoisotopic (exact) mass is 799 g/mol. The number of hydrogen-bond donors (Lipinski definition) is 3. The number of hydrogen-bond acceptors (Lipinski definition) is 9. The maximum Gasteiger partial charge on any atom is 0.472 e. The third-order valence-electron chi connectivity index (χ3n) is 8.96. The number of phosphoric acid groups is 1. The number of aliphatic hydroxyl groups excluding tert-OH is 2. The molecule has 0 aromatic carbocycles. The number of allylic oxidation sites excluding steroid dienone is 8. The third kappa shape index (κ3) is 39.9. The summed E-state index contributed by atoms with van der Waals surface area (Å²) in [6, 6.07) is 0. The van der Waals surface area contributed by atoms with Crippen molar-refractivity contribution in [2.45, 2.75) is 193 Å². The van der Waals surface area contributed by atoms with E-state index in [2.05, 4.69) is 67.0 Å². The molecule has 3 atom stereocenters. The molecule has 0 aliphatic carbocycles. The largest absolute Gasteiger partial charge is 0.472 e. The molecule has 320 valence electrons. The molecule has 0 aliphatic rings. The molecular weight excluding hydrogens is 719 g/mol. The lowest BCUT2D eigenvalue weighted by Gasteiger charge is -2.20. The van der Waals surface area contributed by atoms with Crippen molar-refractivity contribution >= 4 is 19.8 Å². The van der Waals surface area contributed by atoms with Crippen LogP contribution in [0, 0.1) is 0 Å². The van der Waals surface area contributed by atoms with Gasteiger partial charge in [0.15, 0.2) is 6.10 Å². The Morgan fingerprint density at radius 2 is 0.945 bits per heavy atom. The van der Waals surface area contributed by atoms with Gasteiger partial charge in [0, 0.05) is 12.8 Å². The second-order valence-corrected chi connectivity index (χ2v) is 15.8. The second-order valence-electron chi connectivity index (χ2n) is 14.4. The Bertz CT molecular complexity index is 1060. The van der Waals surface area contributed by atoms with Crippen molar-refractivity contribution in [1.82, 2.24) is 0 Å². The van der Waals surface area contributed by atoms with Crippen molar-refractivity contribution in [3.8, 4) is 0 Å². The molecule has 0 aromatic rings. The Morgan fingerprint density at radius 3 is 1.40 bits per heavy atom. The van der Waals surface area contributed by atoms with E-state index in [0.717, 1.165) is 77.0 Å². The number of rotatable bonds is 40. The van der Waals surface area contributed by atoms with Gasteiger partial charge in [0.1, 0.15) is 12.7 Å². The molecule has 0 fully saturated rings. The van der Waals surface area contributed by atoms with Crippen molar-refractivity contribution in [2.75, 3.05) is 26.4 Å². The lowest BCUT2D eigenvalue weighted by Crippen LogP contribution is -2.29. The predicted octanol–water partition coefficient (Wildman–Crippen LogP) is 11.3. The molecule has 0 aromatic heterocycles. The van der Waals surface area contributed by atoms with Crippen molar-refractivity contribution in [3.63, 3.8) is 0 Å². The quantitative estimate of drug-likeness (QED) is 0.0237. The van der Waals surface area contributed by atoms with E-state index >= 15 is 0 Å². The Balaban J connectivity index is 4.33. The standard InChI is InChI=1S/C44H79O10P/c1-3-5-7-9-11-13-15-17-19-20-22-23-25-27-29-31-33-35-43(47)51-39-42(40-53-55(49,50)52-38-41(46)37-45)54-44(48)36-34-32-30-28-26-24-21-18-16-14-12-10-8-6-4-2/h11-14,17-19,21,41-42,45-46H,3-10,15-16,20,22-40H2,1-2H3,(H,49,50)/b13-11-,14-12-,19-17-,21-18-/t41-,42+/m0/s1. The van der Waals surface area contributed by atoms with E-state index in [1.807, 2.05) is 0 Å². The van der Waals surface area contributed by atoms with Crippen molar-refractivity contribution in [1.29, 1.82) is 0 Å². The van der Waals surface area contributed by atoms with Crippen LogP contribution in [0.3, 0.4) is 0 Å². The van der Waals surface area contributed by atoms with Gasteiger partial charge >= 0.3 is 19.8 Å². The van der Waals surface area contributed by atoms with Crippen molar-refractivity contribution < 1.29 is 47.8 Å². The van der Waals surface area contributed by atoms with Crippen LogP contribution in [-0.4, -0.2) is 65.7 Å². The van der Waals surface area contributed by atoms with Gasteiger partial charge in [-0.3, -0.25) is 18.6 Å². The van der Waals surface area contributed by atoms with Gasteiger partial charge in [-0.1, -0.05) is 140 Å².